The molecule has 0 aromatic heterocycles. The number of nitrogens with two attached hydrogens (primary N) is 1. The molecule has 2 nitrogen and oxygen atoms in total. The molecule has 0 spiro atoms. The first kappa shape index (κ1) is 13.4. The van der Waals surface area contributed by atoms with E-state index in [1.807, 2.05) is 24.3 Å². The lowest BCUT2D eigenvalue weighted by Gasteiger charge is -2.35. The largest absolute Gasteiger partial charge is 0.401 e. The Morgan fingerprint density at radius 3 is 2.61 bits per heavy atom. The van der Waals surface area contributed by atoms with Crippen LogP contribution < -0.4 is 5.73 Å². The van der Waals surface area contributed by atoms with Crippen LogP contribution in [0.2, 0.25) is 0 Å². The van der Waals surface area contributed by atoms with Gasteiger partial charge in [0.15, 0.2) is 0 Å². The van der Waals surface area contributed by atoms with Crippen molar-refractivity contribution in [1.29, 1.82) is 0 Å². The number of alkyl halides is 3. The summed E-state index contributed by atoms with van der Waals surface area (Å²) in [4.78, 5) is 1.40. The Balaban J connectivity index is 1.95. The highest BCUT2D eigenvalue weighted by Gasteiger charge is 2.33. The predicted molar refractivity (Wildman–Crippen MR) is 64.4 cm³/mol. The molecular weight excluding hydrogens is 241 g/mol. The van der Waals surface area contributed by atoms with Crippen molar-refractivity contribution >= 4 is 0 Å². The molecule has 1 aliphatic rings. The Hall–Kier alpha value is -1.07. The quantitative estimate of drug-likeness (QED) is 0.877. The molecule has 0 heterocycles. The van der Waals surface area contributed by atoms with E-state index in [-0.39, 0.29) is 19.0 Å². The SMILES string of the molecule is NCCN(CC1Cc2ccccc21)CC(F)(F)F. The van der Waals surface area contributed by atoms with Crippen LogP contribution in [-0.2, 0) is 6.42 Å². The van der Waals surface area contributed by atoms with Gasteiger partial charge in [-0.1, -0.05) is 24.3 Å². The average molecular weight is 258 g/mol. The van der Waals surface area contributed by atoms with E-state index in [2.05, 4.69) is 0 Å². The number of benzene rings is 1. The van der Waals surface area contributed by atoms with Crippen LogP contribution in [0.3, 0.4) is 0 Å². The van der Waals surface area contributed by atoms with Crippen molar-refractivity contribution in [2.24, 2.45) is 5.73 Å². The van der Waals surface area contributed by atoms with Gasteiger partial charge in [-0.25, -0.2) is 0 Å². The molecule has 5 heteroatoms. The third-order valence-corrected chi connectivity index (χ3v) is 3.29. The molecule has 0 bridgehead atoms. The zero-order chi connectivity index (χ0) is 13.2. The highest BCUT2D eigenvalue weighted by Crippen LogP contribution is 2.35. The molecule has 1 aromatic carbocycles. The van der Waals surface area contributed by atoms with Crippen LogP contribution in [-0.4, -0.2) is 37.3 Å². The van der Waals surface area contributed by atoms with Crippen LogP contribution in [0.4, 0.5) is 13.2 Å². The van der Waals surface area contributed by atoms with Gasteiger partial charge >= 0.3 is 6.18 Å². The molecule has 0 fully saturated rings. The first-order valence-electron chi connectivity index (χ1n) is 6.06. The lowest BCUT2D eigenvalue weighted by atomic mass is 9.77. The van der Waals surface area contributed by atoms with Crippen LogP contribution in [0.1, 0.15) is 17.0 Å². The first-order valence-corrected chi connectivity index (χ1v) is 6.06. The maximum absolute atomic E-state index is 12.4. The molecule has 2 N–H and O–H groups in total. The van der Waals surface area contributed by atoms with Crippen molar-refractivity contribution in [3.63, 3.8) is 0 Å². The van der Waals surface area contributed by atoms with E-state index in [1.165, 1.54) is 16.0 Å². The molecule has 1 aromatic rings. The van der Waals surface area contributed by atoms with Crippen molar-refractivity contribution in [2.45, 2.75) is 18.5 Å². The second-order valence-electron chi connectivity index (χ2n) is 4.74. The van der Waals surface area contributed by atoms with Crippen LogP contribution in [0.25, 0.3) is 0 Å². The molecule has 100 valence electrons. The second-order valence-corrected chi connectivity index (χ2v) is 4.74. The molecule has 0 saturated carbocycles. The second kappa shape index (κ2) is 5.28. The topological polar surface area (TPSA) is 29.3 Å². The highest BCUT2D eigenvalue weighted by atomic mass is 19.4. The standard InChI is InChI=1S/C13H17F3N2/c14-13(15,16)9-18(6-5-17)8-11-7-10-3-1-2-4-12(10)11/h1-4,11H,5-9,17H2. The van der Waals surface area contributed by atoms with Gasteiger partial charge in [0.1, 0.15) is 0 Å². The van der Waals surface area contributed by atoms with Gasteiger partial charge in [-0.3, -0.25) is 4.90 Å². The Morgan fingerprint density at radius 1 is 1.28 bits per heavy atom. The van der Waals surface area contributed by atoms with E-state index in [0.717, 1.165) is 6.42 Å². The summed E-state index contributed by atoms with van der Waals surface area (Å²) in [5.41, 5.74) is 7.80. The van der Waals surface area contributed by atoms with Gasteiger partial charge in [0.25, 0.3) is 0 Å². The predicted octanol–water partition coefficient (Wildman–Crippen LogP) is 2.15. The summed E-state index contributed by atoms with van der Waals surface area (Å²) in [5.74, 6) is 0.218. The summed E-state index contributed by atoms with van der Waals surface area (Å²) in [6, 6.07) is 7.92. The molecule has 0 aliphatic heterocycles. The molecule has 1 atom stereocenters. The average Bonchev–Trinajstić information content (AvgIpc) is 2.24. The Morgan fingerprint density at radius 2 is 2.00 bits per heavy atom. The van der Waals surface area contributed by atoms with Gasteiger partial charge in [-0.2, -0.15) is 13.2 Å². The summed E-state index contributed by atoms with van der Waals surface area (Å²) in [7, 11) is 0. The minimum absolute atomic E-state index is 0.218. The monoisotopic (exact) mass is 258 g/mol. The number of fused-ring (bicyclic) bond motifs is 1. The molecule has 2 rings (SSSR count). The summed E-state index contributed by atoms with van der Waals surface area (Å²) in [6.07, 6.45) is -3.28. The van der Waals surface area contributed by atoms with E-state index in [1.54, 1.807) is 0 Å². The third-order valence-electron chi connectivity index (χ3n) is 3.29. The molecule has 1 unspecified atom stereocenters. The number of halogens is 3. The number of nitrogens with zero attached hydrogens (tertiary/aromatic N) is 1. The van der Waals surface area contributed by atoms with Gasteiger partial charge < -0.3 is 5.73 Å². The first-order chi connectivity index (χ1) is 8.49. The van der Waals surface area contributed by atoms with Gasteiger partial charge in [0.05, 0.1) is 6.54 Å². The van der Waals surface area contributed by atoms with E-state index >= 15 is 0 Å². The van der Waals surface area contributed by atoms with Crippen LogP contribution in [0.5, 0.6) is 0 Å². The minimum atomic E-state index is -4.15. The van der Waals surface area contributed by atoms with Crippen LogP contribution in [0, 0.1) is 0 Å². The third kappa shape index (κ3) is 3.23. The van der Waals surface area contributed by atoms with Crippen LogP contribution in [0.15, 0.2) is 24.3 Å². The summed E-state index contributed by atoms with van der Waals surface area (Å²) in [6.45, 7) is 0.110. The van der Waals surface area contributed by atoms with Crippen molar-refractivity contribution in [3.05, 3.63) is 35.4 Å². The van der Waals surface area contributed by atoms with Gasteiger partial charge in [0.2, 0.25) is 0 Å². The highest BCUT2D eigenvalue weighted by molar-refractivity contribution is 5.40. The van der Waals surface area contributed by atoms with Gasteiger partial charge in [-0.05, 0) is 17.5 Å². The minimum Gasteiger partial charge on any atom is -0.329 e. The fourth-order valence-electron chi connectivity index (χ4n) is 2.51. The lowest BCUT2D eigenvalue weighted by Crippen LogP contribution is -2.41. The molecular formula is C13H17F3N2. The van der Waals surface area contributed by atoms with E-state index in [4.69, 9.17) is 5.73 Å². The Kier molecular flexibility index (Phi) is 3.92. The maximum atomic E-state index is 12.4. The summed E-state index contributed by atoms with van der Waals surface area (Å²) < 4.78 is 37.2. The summed E-state index contributed by atoms with van der Waals surface area (Å²) >= 11 is 0. The zero-order valence-corrected chi connectivity index (χ0v) is 10.1. The Labute approximate surface area is 105 Å². The number of hydrogen-bond donors (Lipinski definition) is 1. The molecule has 0 radical (unpaired) electrons. The van der Waals surface area contributed by atoms with Gasteiger partial charge in [0, 0.05) is 25.6 Å². The molecule has 1 aliphatic carbocycles. The number of hydrogen-bond acceptors (Lipinski definition) is 2. The van der Waals surface area contributed by atoms with Crippen molar-refractivity contribution < 1.29 is 13.2 Å². The van der Waals surface area contributed by atoms with Crippen molar-refractivity contribution in [2.75, 3.05) is 26.2 Å². The maximum Gasteiger partial charge on any atom is 0.401 e. The van der Waals surface area contributed by atoms with Crippen LogP contribution >= 0.6 is 0 Å². The van der Waals surface area contributed by atoms with Crippen molar-refractivity contribution in [1.82, 2.24) is 4.90 Å². The van der Waals surface area contributed by atoms with E-state index in [0.29, 0.717) is 6.54 Å². The smallest absolute Gasteiger partial charge is 0.329 e. The molecule has 0 saturated heterocycles. The van der Waals surface area contributed by atoms with Gasteiger partial charge in [-0.15, -0.1) is 0 Å². The normalized spacial score (nSPS) is 18.6. The fraction of sp³-hybridized carbons (Fsp3) is 0.538. The van der Waals surface area contributed by atoms with Crippen molar-refractivity contribution in [3.8, 4) is 0 Å². The summed E-state index contributed by atoms with van der Waals surface area (Å²) in [5, 5.41) is 0. The molecule has 0 amide bonds. The lowest BCUT2D eigenvalue weighted by molar-refractivity contribution is -0.146. The zero-order valence-electron chi connectivity index (χ0n) is 10.1. The number of rotatable bonds is 5. The van der Waals surface area contributed by atoms with E-state index < -0.39 is 12.7 Å². The Bertz CT molecular complexity index is 403. The molecule has 18 heavy (non-hydrogen) atoms. The fourth-order valence-corrected chi connectivity index (χ4v) is 2.51. The van der Waals surface area contributed by atoms with E-state index in [9.17, 15) is 13.2 Å².